The summed E-state index contributed by atoms with van der Waals surface area (Å²) in [5.41, 5.74) is 0. The van der Waals surface area contributed by atoms with Gasteiger partial charge in [0.25, 0.3) is 0 Å². The predicted molar refractivity (Wildman–Crippen MR) is 72.3 cm³/mol. The molecule has 7 nitrogen and oxygen atoms in total. The zero-order valence-corrected chi connectivity index (χ0v) is 11.6. The normalized spacial score (nSPS) is 19.7. The van der Waals surface area contributed by atoms with Crippen LogP contribution in [-0.2, 0) is 11.3 Å². The van der Waals surface area contributed by atoms with Gasteiger partial charge in [0.2, 0.25) is 11.7 Å². The first-order chi connectivity index (χ1) is 10.2. The number of carboxylic acid groups (broad SMARTS) is 1. The summed E-state index contributed by atoms with van der Waals surface area (Å²) >= 11 is 0. The summed E-state index contributed by atoms with van der Waals surface area (Å²) in [5, 5.41) is 12.8. The van der Waals surface area contributed by atoms with E-state index in [1.54, 1.807) is 18.4 Å². The standard InChI is InChI=1S/C14H17N3O4/c18-13(19)7-10-3-1-5-17(8-10)9-12-15-14(16-21-12)11-4-2-6-20-11/h2,4,6,10H,1,3,5,7-9H2,(H,18,19). The predicted octanol–water partition coefficient (Wildman–Crippen LogP) is 2.02. The first kappa shape index (κ1) is 13.8. The van der Waals surface area contributed by atoms with E-state index in [1.807, 2.05) is 0 Å². The summed E-state index contributed by atoms with van der Waals surface area (Å²) in [6, 6.07) is 3.55. The molecule has 1 aliphatic rings. The third-order valence-corrected chi connectivity index (χ3v) is 3.63. The van der Waals surface area contributed by atoms with Crippen molar-refractivity contribution in [2.75, 3.05) is 13.1 Å². The molecule has 1 N–H and O–H groups in total. The van der Waals surface area contributed by atoms with Crippen LogP contribution in [0.1, 0.15) is 25.2 Å². The van der Waals surface area contributed by atoms with Crippen LogP contribution in [0.3, 0.4) is 0 Å². The lowest BCUT2D eigenvalue weighted by Crippen LogP contribution is -2.35. The number of furan rings is 1. The molecule has 2 aromatic rings. The van der Waals surface area contributed by atoms with Crippen LogP contribution in [0.4, 0.5) is 0 Å². The van der Waals surface area contributed by atoms with Gasteiger partial charge in [0.15, 0.2) is 5.76 Å². The SMILES string of the molecule is O=C(O)CC1CCCN(Cc2nc(-c3ccco3)no2)C1. The Labute approximate surface area is 121 Å². The quantitative estimate of drug-likeness (QED) is 0.900. The van der Waals surface area contributed by atoms with E-state index in [2.05, 4.69) is 15.0 Å². The summed E-state index contributed by atoms with van der Waals surface area (Å²) < 4.78 is 10.4. The third-order valence-electron chi connectivity index (χ3n) is 3.63. The number of aliphatic carboxylic acids is 1. The summed E-state index contributed by atoms with van der Waals surface area (Å²) in [7, 11) is 0. The highest BCUT2D eigenvalue weighted by molar-refractivity contribution is 5.67. The van der Waals surface area contributed by atoms with Gasteiger partial charge in [-0.05, 0) is 37.4 Å². The molecule has 2 aromatic heterocycles. The lowest BCUT2D eigenvalue weighted by Gasteiger charge is -2.30. The molecule has 1 fully saturated rings. The van der Waals surface area contributed by atoms with Gasteiger partial charge in [-0.2, -0.15) is 4.98 Å². The number of piperidine rings is 1. The minimum Gasteiger partial charge on any atom is -0.481 e. The van der Waals surface area contributed by atoms with Gasteiger partial charge in [0.05, 0.1) is 12.8 Å². The average Bonchev–Trinajstić information content (AvgIpc) is 3.08. The van der Waals surface area contributed by atoms with Gasteiger partial charge in [-0.1, -0.05) is 5.16 Å². The Morgan fingerprint density at radius 3 is 3.19 bits per heavy atom. The topological polar surface area (TPSA) is 92.6 Å². The van der Waals surface area contributed by atoms with Crippen molar-refractivity contribution < 1.29 is 18.8 Å². The van der Waals surface area contributed by atoms with Crippen LogP contribution >= 0.6 is 0 Å². The van der Waals surface area contributed by atoms with Crippen LogP contribution in [0.25, 0.3) is 11.6 Å². The Hall–Kier alpha value is -2.15. The van der Waals surface area contributed by atoms with E-state index in [0.29, 0.717) is 24.0 Å². The molecule has 0 spiro atoms. The van der Waals surface area contributed by atoms with E-state index in [4.69, 9.17) is 14.0 Å². The fourth-order valence-corrected chi connectivity index (χ4v) is 2.72. The monoisotopic (exact) mass is 291 g/mol. The number of nitrogens with zero attached hydrogens (tertiary/aromatic N) is 3. The van der Waals surface area contributed by atoms with Gasteiger partial charge in [-0.3, -0.25) is 9.69 Å². The van der Waals surface area contributed by atoms with E-state index in [-0.39, 0.29) is 12.3 Å². The van der Waals surface area contributed by atoms with Gasteiger partial charge in [-0.15, -0.1) is 0 Å². The van der Waals surface area contributed by atoms with Gasteiger partial charge in [-0.25, -0.2) is 0 Å². The molecule has 0 amide bonds. The van der Waals surface area contributed by atoms with Crippen molar-refractivity contribution in [3.63, 3.8) is 0 Å². The van der Waals surface area contributed by atoms with E-state index in [9.17, 15) is 4.79 Å². The summed E-state index contributed by atoms with van der Waals surface area (Å²) in [6.07, 6.45) is 3.74. The number of hydrogen-bond acceptors (Lipinski definition) is 6. The second-order valence-corrected chi connectivity index (χ2v) is 5.33. The van der Waals surface area contributed by atoms with Crippen molar-refractivity contribution in [2.45, 2.75) is 25.8 Å². The maximum atomic E-state index is 10.8. The molecule has 1 aliphatic heterocycles. The zero-order valence-electron chi connectivity index (χ0n) is 11.6. The van der Waals surface area contributed by atoms with E-state index >= 15 is 0 Å². The van der Waals surface area contributed by atoms with Gasteiger partial charge in [0.1, 0.15) is 0 Å². The molecule has 1 unspecified atom stereocenters. The molecule has 0 bridgehead atoms. The highest BCUT2D eigenvalue weighted by Crippen LogP contribution is 2.22. The minimum atomic E-state index is -0.736. The molecule has 3 rings (SSSR count). The van der Waals surface area contributed by atoms with Crippen LogP contribution in [0, 0.1) is 5.92 Å². The number of aromatic nitrogens is 2. The zero-order chi connectivity index (χ0) is 14.7. The van der Waals surface area contributed by atoms with Crippen LogP contribution < -0.4 is 0 Å². The maximum absolute atomic E-state index is 10.8. The Balaban J connectivity index is 1.60. The highest BCUT2D eigenvalue weighted by atomic mass is 16.5. The Morgan fingerprint density at radius 2 is 2.43 bits per heavy atom. The number of likely N-dealkylation sites (tertiary alicyclic amines) is 1. The Kier molecular flexibility index (Phi) is 4.01. The third kappa shape index (κ3) is 3.49. The molecule has 0 aromatic carbocycles. The van der Waals surface area contributed by atoms with Crippen LogP contribution in [-0.4, -0.2) is 39.2 Å². The van der Waals surface area contributed by atoms with E-state index < -0.39 is 5.97 Å². The molecular weight excluding hydrogens is 274 g/mol. The lowest BCUT2D eigenvalue weighted by atomic mass is 9.95. The number of rotatable bonds is 5. The van der Waals surface area contributed by atoms with Crippen molar-refractivity contribution in [2.24, 2.45) is 5.92 Å². The number of hydrogen-bond donors (Lipinski definition) is 1. The van der Waals surface area contributed by atoms with Gasteiger partial charge < -0.3 is 14.0 Å². The first-order valence-corrected chi connectivity index (χ1v) is 7.01. The lowest BCUT2D eigenvalue weighted by molar-refractivity contribution is -0.138. The van der Waals surface area contributed by atoms with Crippen LogP contribution in [0.15, 0.2) is 27.3 Å². The molecule has 1 saturated heterocycles. The number of carboxylic acids is 1. The van der Waals surface area contributed by atoms with Crippen molar-refractivity contribution in [1.82, 2.24) is 15.0 Å². The molecule has 7 heteroatoms. The van der Waals surface area contributed by atoms with Gasteiger partial charge >= 0.3 is 5.97 Å². The van der Waals surface area contributed by atoms with Crippen molar-refractivity contribution in [3.8, 4) is 11.6 Å². The summed E-state index contributed by atoms with van der Waals surface area (Å²) in [4.78, 5) is 17.3. The molecule has 112 valence electrons. The molecular formula is C14H17N3O4. The Bertz CT molecular complexity index is 593. The molecule has 0 saturated carbocycles. The van der Waals surface area contributed by atoms with Crippen molar-refractivity contribution >= 4 is 5.97 Å². The Morgan fingerprint density at radius 1 is 1.52 bits per heavy atom. The molecule has 1 atom stereocenters. The minimum absolute atomic E-state index is 0.198. The maximum Gasteiger partial charge on any atom is 0.303 e. The van der Waals surface area contributed by atoms with Crippen LogP contribution in [0.5, 0.6) is 0 Å². The van der Waals surface area contributed by atoms with Gasteiger partial charge in [0, 0.05) is 13.0 Å². The fourth-order valence-electron chi connectivity index (χ4n) is 2.72. The average molecular weight is 291 g/mol. The fraction of sp³-hybridized carbons (Fsp3) is 0.500. The summed E-state index contributed by atoms with van der Waals surface area (Å²) in [6.45, 7) is 2.23. The largest absolute Gasteiger partial charge is 0.481 e. The van der Waals surface area contributed by atoms with E-state index in [1.165, 1.54) is 0 Å². The first-order valence-electron chi connectivity index (χ1n) is 7.01. The second-order valence-electron chi connectivity index (χ2n) is 5.33. The van der Waals surface area contributed by atoms with Crippen LogP contribution in [0.2, 0.25) is 0 Å². The molecule has 0 radical (unpaired) electrons. The summed E-state index contributed by atoms with van der Waals surface area (Å²) in [5.74, 6) is 1.00. The molecule has 3 heterocycles. The number of carbonyl (C=O) groups is 1. The van der Waals surface area contributed by atoms with E-state index in [0.717, 1.165) is 25.9 Å². The van der Waals surface area contributed by atoms with Crippen molar-refractivity contribution in [1.29, 1.82) is 0 Å². The molecule has 21 heavy (non-hydrogen) atoms. The van der Waals surface area contributed by atoms with Crippen molar-refractivity contribution in [3.05, 3.63) is 24.3 Å². The second kappa shape index (κ2) is 6.09. The highest BCUT2D eigenvalue weighted by Gasteiger charge is 2.23. The molecule has 0 aliphatic carbocycles. The smallest absolute Gasteiger partial charge is 0.303 e.